The minimum Gasteiger partial charge on any atom is -0.488 e. The van der Waals surface area contributed by atoms with Gasteiger partial charge in [-0.3, -0.25) is 14.8 Å². The average molecular weight is 434 g/mol. The van der Waals surface area contributed by atoms with Crippen LogP contribution in [0.15, 0.2) is 49.1 Å². The van der Waals surface area contributed by atoms with E-state index in [1.54, 1.807) is 36.9 Å². The number of fused-ring (bicyclic) bond motifs is 1. The maximum atomic E-state index is 12.4. The summed E-state index contributed by atoms with van der Waals surface area (Å²) in [7, 11) is 0. The van der Waals surface area contributed by atoms with Gasteiger partial charge in [0, 0.05) is 61.2 Å². The molecule has 1 saturated heterocycles. The number of nitrogens with zero attached hydrogens (tertiary/aromatic N) is 4. The number of anilines is 1. The molecule has 32 heavy (non-hydrogen) atoms. The molecule has 3 heterocycles. The van der Waals surface area contributed by atoms with Gasteiger partial charge in [-0.2, -0.15) is 0 Å². The Hall–Kier alpha value is -3.26. The lowest BCUT2D eigenvalue weighted by Gasteiger charge is -2.31. The van der Waals surface area contributed by atoms with Gasteiger partial charge in [-0.05, 0) is 43.9 Å². The van der Waals surface area contributed by atoms with Crippen molar-refractivity contribution in [2.75, 3.05) is 31.2 Å². The van der Waals surface area contributed by atoms with Crippen LogP contribution in [-0.2, 0) is 4.74 Å². The number of rotatable bonds is 5. The topological polar surface area (TPSA) is 89.5 Å². The lowest BCUT2D eigenvalue weighted by atomic mass is 9.92. The first kappa shape index (κ1) is 20.6. The van der Waals surface area contributed by atoms with Crippen LogP contribution in [0.4, 0.5) is 5.69 Å². The molecule has 1 aromatic carbocycles. The van der Waals surface area contributed by atoms with Gasteiger partial charge in [-0.1, -0.05) is 0 Å². The van der Waals surface area contributed by atoms with Crippen LogP contribution in [0.25, 0.3) is 11.0 Å². The van der Waals surface area contributed by atoms with E-state index in [9.17, 15) is 4.79 Å². The minimum atomic E-state index is -0.0451. The second-order valence-corrected chi connectivity index (χ2v) is 8.27. The van der Waals surface area contributed by atoms with Crippen molar-refractivity contribution < 1.29 is 14.3 Å². The maximum absolute atomic E-state index is 12.4. The zero-order valence-electron chi connectivity index (χ0n) is 17.9. The summed E-state index contributed by atoms with van der Waals surface area (Å²) in [5, 5.41) is 3.14. The highest BCUT2D eigenvalue weighted by Gasteiger charge is 2.25. The Morgan fingerprint density at radius 2 is 1.75 bits per heavy atom. The predicted molar refractivity (Wildman–Crippen MR) is 121 cm³/mol. The van der Waals surface area contributed by atoms with Crippen LogP contribution in [0, 0.1) is 0 Å². The van der Waals surface area contributed by atoms with Crippen LogP contribution in [0.5, 0.6) is 5.75 Å². The first-order chi connectivity index (χ1) is 15.8. The second-order valence-electron chi connectivity index (χ2n) is 8.27. The summed E-state index contributed by atoms with van der Waals surface area (Å²) in [4.78, 5) is 27.7. The van der Waals surface area contributed by atoms with E-state index in [0.29, 0.717) is 5.56 Å². The highest BCUT2D eigenvalue weighted by Crippen LogP contribution is 2.33. The third kappa shape index (κ3) is 4.65. The minimum absolute atomic E-state index is 0.0451. The summed E-state index contributed by atoms with van der Waals surface area (Å²) in [5.74, 6) is 0.734. The van der Waals surface area contributed by atoms with Gasteiger partial charge in [-0.25, -0.2) is 4.98 Å². The van der Waals surface area contributed by atoms with E-state index >= 15 is 0 Å². The van der Waals surface area contributed by atoms with Crippen LogP contribution in [0.3, 0.4) is 0 Å². The molecule has 0 unspecified atom stereocenters. The number of benzene rings is 1. The summed E-state index contributed by atoms with van der Waals surface area (Å²) >= 11 is 0. The lowest BCUT2D eigenvalue weighted by Crippen LogP contribution is -2.39. The molecule has 1 saturated carbocycles. The maximum Gasteiger partial charge on any atom is 0.251 e. The third-order valence-corrected chi connectivity index (χ3v) is 6.15. The van der Waals surface area contributed by atoms with Crippen LogP contribution < -0.4 is 15.0 Å². The first-order valence-corrected chi connectivity index (χ1v) is 11.2. The van der Waals surface area contributed by atoms with Crippen molar-refractivity contribution in [3.63, 3.8) is 0 Å². The number of ether oxygens (including phenoxy) is 2. The van der Waals surface area contributed by atoms with E-state index in [2.05, 4.69) is 37.3 Å². The number of pyridine rings is 1. The normalized spacial score (nSPS) is 21.3. The lowest BCUT2D eigenvalue weighted by molar-refractivity contribution is 0.0895. The summed E-state index contributed by atoms with van der Waals surface area (Å²) in [6.07, 6.45) is 10.3. The molecule has 0 bridgehead atoms. The number of carbonyl (C=O) groups excluding carboxylic acids is 1. The van der Waals surface area contributed by atoms with E-state index in [4.69, 9.17) is 9.47 Å². The number of hydrogen-bond acceptors (Lipinski definition) is 7. The molecule has 0 atom stereocenters. The van der Waals surface area contributed by atoms with Crippen LogP contribution in [0.2, 0.25) is 0 Å². The van der Waals surface area contributed by atoms with Gasteiger partial charge in [0.15, 0.2) is 0 Å². The standard InChI is InChI=1S/C24H27N5O3/c30-24(17-5-7-25-8-6-17)28-18-1-3-20(4-2-18)32-22-16-19(29-11-13-31-14-12-29)15-21-23(22)27-10-9-26-21/h5-10,15-16,18,20H,1-4,11-14H2,(H,28,30)/t18-,20+. The molecule has 1 amide bonds. The number of morpholine rings is 1. The van der Waals surface area contributed by atoms with Gasteiger partial charge in [-0.15, -0.1) is 0 Å². The molecule has 1 N–H and O–H groups in total. The summed E-state index contributed by atoms with van der Waals surface area (Å²) < 4.78 is 11.9. The monoisotopic (exact) mass is 433 g/mol. The highest BCUT2D eigenvalue weighted by atomic mass is 16.5. The van der Waals surface area contributed by atoms with E-state index in [0.717, 1.165) is 74.5 Å². The molecular formula is C24H27N5O3. The van der Waals surface area contributed by atoms with Gasteiger partial charge in [0.25, 0.3) is 5.91 Å². The quantitative estimate of drug-likeness (QED) is 0.662. The van der Waals surface area contributed by atoms with Crippen molar-refractivity contribution >= 4 is 22.6 Å². The fourth-order valence-corrected chi connectivity index (χ4v) is 4.40. The molecule has 166 valence electrons. The van der Waals surface area contributed by atoms with Gasteiger partial charge in [0.2, 0.25) is 0 Å². The molecule has 1 aliphatic carbocycles. The Labute approximate surface area is 187 Å². The number of hydrogen-bond donors (Lipinski definition) is 1. The fourth-order valence-electron chi connectivity index (χ4n) is 4.40. The number of nitrogens with one attached hydrogen (secondary N) is 1. The molecule has 3 aromatic rings. The predicted octanol–water partition coefficient (Wildman–Crippen LogP) is 2.98. The molecule has 2 fully saturated rings. The number of carbonyl (C=O) groups is 1. The van der Waals surface area contributed by atoms with Gasteiger partial charge < -0.3 is 19.7 Å². The Kier molecular flexibility index (Phi) is 6.11. The van der Waals surface area contributed by atoms with E-state index in [-0.39, 0.29) is 18.1 Å². The zero-order chi connectivity index (χ0) is 21.8. The Morgan fingerprint density at radius 1 is 1.00 bits per heavy atom. The van der Waals surface area contributed by atoms with Crippen LogP contribution >= 0.6 is 0 Å². The molecule has 0 radical (unpaired) electrons. The second kappa shape index (κ2) is 9.48. The first-order valence-electron chi connectivity index (χ1n) is 11.2. The molecule has 8 heteroatoms. The summed E-state index contributed by atoms with van der Waals surface area (Å²) in [6, 6.07) is 7.79. The SMILES string of the molecule is O=C(N[C@H]1CC[C@@H](Oc2cc(N3CCOCC3)cc3nccnc23)CC1)c1ccncc1. The Morgan fingerprint density at radius 3 is 2.53 bits per heavy atom. The number of amides is 1. The van der Waals surface area contributed by atoms with Crippen LogP contribution in [-0.4, -0.2) is 59.3 Å². The average Bonchev–Trinajstić information content (AvgIpc) is 2.86. The molecule has 2 aromatic heterocycles. The van der Waals surface area contributed by atoms with Crippen molar-refractivity contribution in [1.29, 1.82) is 0 Å². The van der Waals surface area contributed by atoms with Gasteiger partial charge in [0.05, 0.1) is 24.8 Å². The third-order valence-electron chi connectivity index (χ3n) is 6.15. The zero-order valence-corrected chi connectivity index (χ0v) is 17.9. The van der Waals surface area contributed by atoms with Crippen molar-refractivity contribution in [2.45, 2.75) is 37.8 Å². The molecule has 1 aliphatic heterocycles. The number of aromatic nitrogens is 3. The molecule has 2 aliphatic rings. The van der Waals surface area contributed by atoms with E-state index in [1.165, 1.54) is 0 Å². The van der Waals surface area contributed by atoms with Gasteiger partial charge >= 0.3 is 0 Å². The Bertz CT molecular complexity index is 1060. The summed E-state index contributed by atoms with van der Waals surface area (Å²) in [6.45, 7) is 3.16. The van der Waals surface area contributed by atoms with Crippen molar-refractivity contribution in [2.24, 2.45) is 0 Å². The van der Waals surface area contributed by atoms with E-state index in [1.807, 2.05) is 0 Å². The van der Waals surface area contributed by atoms with Crippen LogP contribution in [0.1, 0.15) is 36.0 Å². The molecular weight excluding hydrogens is 406 g/mol. The smallest absolute Gasteiger partial charge is 0.251 e. The molecule has 0 spiro atoms. The molecule has 5 rings (SSSR count). The fraction of sp³-hybridized carbons (Fsp3) is 0.417. The summed E-state index contributed by atoms with van der Waals surface area (Å²) in [5.41, 5.74) is 3.36. The van der Waals surface area contributed by atoms with Crippen molar-refractivity contribution in [1.82, 2.24) is 20.3 Å². The van der Waals surface area contributed by atoms with Gasteiger partial charge in [0.1, 0.15) is 11.3 Å². The van der Waals surface area contributed by atoms with Crippen molar-refractivity contribution in [3.8, 4) is 5.75 Å². The highest BCUT2D eigenvalue weighted by molar-refractivity contribution is 5.94. The Balaban J connectivity index is 1.25. The van der Waals surface area contributed by atoms with E-state index < -0.39 is 0 Å². The van der Waals surface area contributed by atoms with Crippen molar-refractivity contribution in [3.05, 3.63) is 54.6 Å². The molecule has 8 nitrogen and oxygen atoms in total. The largest absolute Gasteiger partial charge is 0.488 e.